The number of nitrogens with two attached hydrogens (primary N) is 1. The predicted molar refractivity (Wildman–Crippen MR) is 94.4 cm³/mol. The van der Waals surface area contributed by atoms with E-state index in [2.05, 4.69) is 4.74 Å². The highest BCUT2D eigenvalue weighted by Gasteiger charge is 2.19. The maximum absolute atomic E-state index is 12.9. The number of amides is 2. The quantitative estimate of drug-likeness (QED) is 0.817. The maximum Gasteiger partial charge on any atom is 0.337 e. The number of carbonyl (C=O) groups excluding carboxylic acids is 3. The molecule has 0 aromatic heterocycles. The van der Waals surface area contributed by atoms with Gasteiger partial charge in [0, 0.05) is 24.2 Å². The summed E-state index contributed by atoms with van der Waals surface area (Å²) >= 11 is 0. The first-order valence-corrected chi connectivity index (χ1v) is 7.77. The Morgan fingerprint density at radius 2 is 1.68 bits per heavy atom. The van der Waals surface area contributed by atoms with Crippen molar-refractivity contribution in [2.45, 2.75) is 13.3 Å². The van der Waals surface area contributed by atoms with E-state index < -0.39 is 11.9 Å². The van der Waals surface area contributed by atoms with Crippen LogP contribution in [-0.4, -0.2) is 31.4 Å². The van der Waals surface area contributed by atoms with Crippen molar-refractivity contribution in [1.82, 2.24) is 0 Å². The Hall–Kier alpha value is -3.15. The van der Waals surface area contributed by atoms with Gasteiger partial charge in [0.2, 0.25) is 5.91 Å². The van der Waals surface area contributed by atoms with Gasteiger partial charge < -0.3 is 15.4 Å². The Labute approximate surface area is 146 Å². The van der Waals surface area contributed by atoms with Crippen molar-refractivity contribution in [2.24, 2.45) is 5.73 Å². The molecule has 0 spiro atoms. The molecular formula is C19H20N2O4. The maximum atomic E-state index is 12.9. The smallest absolute Gasteiger partial charge is 0.337 e. The van der Waals surface area contributed by atoms with Crippen LogP contribution in [0.25, 0.3) is 0 Å². The number of primary amides is 1. The molecule has 2 rings (SSSR count). The zero-order valence-corrected chi connectivity index (χ0v) is 14.2. The van der Waals surface area contributed by atoms with E-state index in [1.54, 1.807) is 18.2 Å². The lowest BCUT2D eigenvalue weighted by Crippen LogP contribution is -2.34. The Kier molecular flexibility index (Phi) is 5.89. The number of nitrogens with zero attached hydrogens (tertiary/aromatic N) is 1. The van der Waals surface area contributed by atoms with E-state index in [0.29, 0.717) is 16.8 Å². The second-order valence-corrected chi connectivity index (χ2v) is 5.58. The van der Waals surface area contributed by atoms with Crippen molar-refractivity contribution in [2.75, 3.05) is 18.6 Å². The highest BCUT2D eigenvalue weighted by molar-refractivity contribution is 6.06. The van der Waals surface area contributed by atoms with Gasteiger partial charge in [-0.1, -0.05) is 12.1 Å². The fourth-order valence-electron chi connectivity index (χ4n) is 2.39. The highest BCUT2D eigenvalue weighted by atomic mass is 16.5. The van der Waals surface area contributed by atoms with Gasteiger partial charge in [-0.2, -0.15) is 0 Å². The fraction of sp³-hybridized carbons (Fsp3) is 0.211. The lowest BCUT2D eigenvalue weighted by molar-refractivity contribution is -0.117. The number of carbonyl (C=O) groups is 3. The molecular weight excluding hydrogens is 320 g/mol. The summed E-state index contributed by atoms with van der Waals surface area (Å²) < 4.78 is 4.65. The summed E-state index contributed by atoms with van der Waals surface area (Å²) in [6.45, 7) is 2.10. The molecule has 2 aromatic carbocycles. The summed E-state index contributed by atoms with van der Waals surface area (Å²) in [6, 6.07) is 13.6. The van der Waals surface area contributed by atoms with E-state index in [1.807, 2.05) is 25.1 Å². The SMILES string of the molecule is COC(=O)c1ccc(C(=O)N(CCC(N)=O)c2cccc(C)c2)cc1. The van der Waals surface area contributed by atoms with Gasteiger partial charge in [0.05, 0.1) is 12.7 Å². The molecule has 0 saturated heterocycles. The molecule has 2 N–H and O–H groups in total. The van der Waals surface area contributed by atoms with Crippen LogP contribution in [-0.2, 0) is 9.53 Å². The van der Waals surface area contributed by atoms with Crippen LogP contribution in [0.4, 0.5) is 5.69 Å². The van der Waals surface area contributed by atoms with E-state index in [4.69, 9.17) is 5.73 Å². The average Bonchev–Trinajstić information content (AvgIpc) is 2.61. The largest absolute Gasteiger partial charge is 0.465 e. The molecule has 0 aliphatic heterocycles. The van der Waals surface area contributed by atoms with Gasteiger partial charge in [0.15, 0.2) is 0 Å². The van der Waals surface area contributed by atoms with Gasteiger partial charge in [-0.3, -0.25) is 9.59 Å². The molecule has 0 heterocycles. The minimum atomic E-state index is -0.480. The molecule has 0 radical (unpaired) electrons. The fourth-order valence-corrected chi connectivity index (χ4v) is 2.39. The summed E-state index contributed by atoms with van der Waals surface area (Å²) in [7, 11) is 1.30. The number of anilines is 1. The summed E-state index contributed by atoms with van der Waals surface area (Å²) in [5, 5.41) is 0. The zero-order chi connectivity index (χ0) is 18.4. The number of esters is 1. The highest BCUT2D eigenvalue weighted by Crippen LogP contribution is 2.19. The number of hydrogen-bond acceptors (Lipinski definition) is 4. The van der Waals surface area contributed by atoms with E-state index in [1.165, 1.54) is 24.1 Å². The van der Waals surface area contributed by atoms with Crippen LogP contribution in [0.3, 0.4) is 0 Å². The standard InChI is InChI=1S/C19H20N2O4/c1-13-4-3-5-16(12-13)21(11-10-17(20)22)18(23)14-6-8-15(9-7-14)19(24)25-2/h3-9,12H,10-11H2,1-2H3,(H2,20,22). The number of hydrogen-bond donors (Lipinski definition) is 1. The molecule has 0 bridgehead atoms. The van der Waals surface area contributed by atoms with Crippen molar-refractivity contribution in [1.29, 1.82) is 0 Å². The van der Waals surface area contributed by atoms with Gasteiger partial charge in [-0.25, -0.2) is 4.79 Å². The topological polar surface area (TPSA) is 89.7 Å². The molecule has 0 aliphatic rings. The minimum Gasteiger partial charge on any atom is -0.465 e. The molecule has 0 atom stereocenters. The van der Waals surface area contributed by atoms with Crippen LogP contribution in [0.5, 0.6) is 0 Å². The molecule has 2 aromatic rings. The Bertz CT molecular complexity index is 784. The van der Waals surface area contributed by atoms with Gasteiger partial charge in [-0.05, 0) is 48.9 Å². The first-order valence-electron chi connectivity index (χ1n) is 7.77. The molecule has 6 nitrogen and oxygen atoms in total. The first-order chi connectivity index (χ1) is 11.9. The second-order valence-electron chi connectivity index (χ2n) is 5.58. The monoisotopic (exact) mass is 340 g/mol. The van der Waals surface area contributed by atoms with Crippen LogP contribution in [0, 0.1) is 6.92 Å². The van der Waals surface area contributed by atoms with Gasteiger partial charge in [-0.15, -0.1) is 0 Å². The third-order valence-corrected chi connectivity index (χ3v) is 3.69. The summed E-state index contributed by atoms with van der Waals surface area (Å²) in [5.41, 5.74) is 7.67. The van der Waals surface area contributed by atoms with Crippen molar-refractivity contribution < 1.29 is 19.1 Å². The van der Waals surface area contributed by atoms with Crippen LogP contribution in [0.2, 0.25) is 0 Å². The number of methoxy groups -OCH3 is 1. The lowest BCUT2D eigenvalue weighted by atomic mass is 10.1. The Morgan fingerprint density at radius 3 is 2.24 bits per heavy atom. The molecule has 2 amide bonds. The van der Waals surface area contributed by atoms with Crippen LogP contribution < -0.4 is 10.6 Å². The van der Waals surface area contributed by atoms with Crippen molar-refractivity contribution in [3.63, 3.8) is 0 Å². The molecule has 0 fully saturated rings. The van der Waals surface area contributed by atoms with Crippen LogP contribution >= 0.6 is 0 Å². The Morgan fingerprint density at radius 1 is 1.04 bits per heavy atom. The minimum absolute atomic E-state index is 0.0555. The molecule has 130 valence electrons. The number of aryl methyl sites for hydroxylation is 1. The normalized spacial score (nSPS) is 10.2. The molecule has 25 heavy (non-hydrogen) atoms. The van der Waals surface area contributed by atoms with E-state index in [9.17, 15) is 14.4 Å². The van der Waals surface area contributed by atoms with Crippen molar-refractivity contribution >= 4 is 23.5 Å². The third kappa shape index (κ3) is 4.67. The lowest BCUT2D eigenvalue weighted by Gasteiger charge is -2.23. The molecule has 0 unspecified atom stereocenters. The zero-order valence-electron chi connectivity index (χ0n) is 14.2. The van der Waals surface area contributed by atoms with Crippen LogP contribution in [0.1, 0.15) is 32.7 Å². The Balaban J connectivity index is 2.31. The third-order valence-electron chi connectivity index (χ3n) is 3.69. The van der Waals surface area contributed by atoms with Gasteiger partial charge >= 0.3 is 5.97 Å². The number of rotatable bonds is 6. The molecule has 0 aliphatic carbocycles. The summed E-state index contributed by atoms with van der Waals surface area (Å²) in [5.74, 6) is -1.22. The van der Waals surface area contributed by atoms with Crippen LogP contribution in [0.15, 0.2) is 48.5 Å². The summed E-state index contributed by atoms with van der Waals surface area (Å²) in [4.78, 5) is 37.0. The first kappa shape index (κ1) is 18.2. The van der Waals surface area contributed by atoms with E-state index in [-0.39, 0.29) is 18.9 Å². The van der Waals surface area contributed by atoms with E-state index >= 15 is 0 Å². The van der Waals surface area contributed by atoms with Crippen molar-refractivity contribution in [3.8, 4) is 0 Å². The predicted octanol–water partition coefficient (Wildman–Crippen LogP) is 2.30. The average molecular weight is 340 g/mol. The number of ether oxygens (including phenoxy) is 1. The van der Waals surface area contributed by atoms with Gasteiger partial charge in [0.25, 0.3) is 5.91 Å². The molecule has 6 heteroatoms. The van der Waals surface area contributed by atoms with Crippen molar-refractivity contribution in [3.05, 3.63) is 65.2 Å². The molecule has 0 saturated carbocycles. The summed E-state index contributed by atoms with van der Waals surface area (Å²) in [6.07, 6.45) is 0.0555. The second kappa shape index (κ2) is 8.10. The number of benzene rings is 2. The van der Waals surface area contributed by atoms with E-state index in [0.717, 1.165) is 5.56 Å². The van der Waals surface area contributed by atoms with Gasteiger partial charge in [0.1, 0.15) is 0 Å².